The maximum atomic E-state index is 12.3. The minimum Gasteiger partial charge on any atom is -0.492 e. The molecule has 3 aromatic rings. The zero-order chi connectivity index (χ0) is 18.1. The molecule has 5 heteroatoms. The van der Waals surface area contributed by atoms with E-state index in [9.17, 15) is 9.90 Å². The van der Waals surface area contributed by atoms with Crippen molar-refractivity contribution in [1.82, 2.24) is 4.98 Å². The van der Waals surface area contributed by atoms with Crippen molar-refractivity contribution >= 4 is 45.7 Å². The van der Waals surface area contributed by atoms with Gasteiger partial charge in [-0.1, -0.05) is 53.8 Å². The molecule has 0 amide bonds. The van der Waals surface area contributed by atoms with Gasteiger partial charge < -0.3 is 10.4 Å². The second-order valence-corrected chi connectivity index (χ2v) is 7.07. The number of hydrogen-bond donors (Lipinski definition) is 2. The van der Waals surface area contributed by atoms with Crippen molar-refractivity contribution in [3.8, 4) is 5.88 Å². The molecule has 2 aromatic carbocycles. The molecular formula is C21H16N2O2S. The molecular weight excluding hydrogens is 344 g/mol. The predicted octanol–water partition coefficient (Wildman–Crippen LogP) is 5.04. The van der Waals surface area contributed by atoms with E-state index >= 15 is 0 Å². The normalized spacial score (nSPS) is 14.5. The SMILES string of the molecule is Cc1cccc(Nc2nc(O)c(/C=C3/C(=O)C=Cc4ccccc43)s2)c1. The first-order valence-corrected chi connectivity index (χ1v) is 8.99. The summed E-state index contributed by atoms with van der Waals surface area (Å²) in [6.45, 7) is 2.01. The fourth-order valence-electron chi connectivity index (χ4n) is 2.87. The number of aryl methyl sites for hydroxylation is 1. The van der Waals surface area contributed by atoms with Gasteiger partial charge in [0.2, 0.25) is 5.88 Å². The lowest BCUT2D eigenvalue weighted by Gasteiger charge is -2.12. The van der Waals surface area contributed by atoms with E-state index in [1.165, 1.54) is 11.3 Å². The maximum Gasteiger partial charge on any atom is 0.231 e. The molecule has 128 valence electrons. The van der Waals surface area contributed by atoms with Gasteiger partial charge in [0.15, 0.2) is 10.9 Å². The number of benzene rings is 2. The number of allylic oxidation sites excluding steroid dienone is 2. The monoisotopic (exact) mass is 360 g/mol. The van der Waals surface area contributed by atoms with E-state index in [-0.39, 0.29) is 11.7 Å². The number of fused-ring (bicyclic) bond motifs is 1. The summed E-state index contributed by atoms with van der Waals surface area (Å²) in [4.78, 5) is 17.1. The number of carbonyl (C=O) groups is 1. The summed E-state index contributed by atoms with van der Waals surface area (Å²) in [5.41, 5.74) is 4.44. The summed E-state index contributed by atoms with van der Waals surface area (Å²) in [5.74, 6) is -0.165. The topological polar surface area (TPSA) is 62.2 Å². The van der Waals surface area contributed by atoms with Crippen LogP contribution in [0.5, 0.6) is 5.88 Å². The number of rotatable bonds is 3. The van der Waals surface area contributed by atoms with Gasteiger partial charge in [0.25, 0.3) is 0 Å². The molecule has 1 heterocycles. The molecule has 1 aliphatic rings. The Bertz CT molecular complexity index is 1060. The van der Waals surface area contributed by atoms with Gasteiger partial charge >= 0.3 is 0 Å². The summed E-state index contributed by atoms with van der Waals surface area (Å²) in [6, 6.07) is 15.6. The van der Waals surface area contributed by atoms with E-state index in [2.05, 4.69) is 10.3 Å². The highest BCUT2D eigenvalue weighted by Crippen LogP contribution is 2.35. The van der Waals surface area contributed by atoms with Gasteiger partial charge in [-0.3, -0.25) is 4.79 Å². The first-order chi connectivity index (χ1) is 12.6. The van der Waals surface area contributed by atoms with Crippen molar-refractivity contribution in [3.63, 3.8) is 0 Å². The number of aromatic hydroxyl groups is 1. The van der Waals surface area contributed by atoms with E-state index in [1.54, 1.807) is 12.2 Å². The number of anilines is 2. The quantitative estimate of drug-likeness (QED) is 0.643. The summed E-state index contributed by atoms with van der Waals surface area (Å²) in [5, 5.41) is 14.0. The molecule has 4 nitrogen and oxygen atoms in total. The maximum absolute atomic E-state index is 12.3. The Morgan fingerprint density at radius 2 is 1.96 bits per heavy atom. The van der Waals surface area contributed by atoms with Crippen molar-refractivity contribution in [1.29, 1.82) is 0 Å². The Kier molecular flexibility index (Phi) is 4.14. The molecule has 4 rings (SSSR count). The second kappa shape index (κ2) is 6.61. The van der Waals surface area contributed by atoms with Crippen LogP contribution in [0.3, 0.4) is 0 Å². The summed E-state index contributed by atoms with van der Waals surface area (Å²) < 4.78 is 0. The van der Waals surface area contributed by atoms with Crippen molar-refractivity contribution in [3.05, 3.63) is 76.2 Å². The summed E-state index contributed by atoms with van der Waals surface area (Å²) in [7, 11) is 0. The molecule has 1 aliphatic carbocycles. The first-order valence-electron chi connectivity index (χ1n) is 8.17. The van der Waals surface area contributed by atoms with Gasteiger partial charge in [-0.05, 0) is 47.9 Å². The minimum atomic E-state index is -0.0857. The molecule has 0 atom stereocenters. The number of nitrogens with zero attached hydrogens (tertiary/aromatic N) is 1. The largest absolute Gasteiger partial charge is 0.492 e. The average Bonchev–Trinajstić information content (AvgIpc) is 2.96. The minimum absolute atomic E-state index is 0.0790. The van der Waals surface area contributed by atoms with Crippen molar-refractivity contribution < 1.29 is 9.90 Å². The molecule has 2 N–H and O–H groups in total. The van der Waals surface area contributed by atoms with E-state index in [0.29, 0.717) is 15.6 Å². The number of ketones is 1. The molecule has 26 heavy (non-hydrogen) atoms. The second-order valence-electron chi connectivity index (χ2n) is 6.04. The number of hydrogen-bond acceptors (Lipinski definition) is 5. The third kappa shape index (κ3) is 3.17. The van der Waals surface area contributed by atoms with Crippen LogP contribution in [0.15, 0.2) is 54.6 Å². The lowest BCUT2D eigenvalue weighted by Crippen LogP contribution is -2.04. The van der Waals surface area contributed by atoms with Crippen LogP contribution in [-0.2, 0) is 4.79 Å². The van der Waals surface area contributed by atoms with Gasteiger partial charge in [0.05, 0.1) is 4.88 Å². The molecule has 0 radical (unpaired) electrons. The average molecular weight is 360 g/mol. The Morgan fingerprint density at radius 3 is 2.81 bits per heavy atom. The van der Waals surface area contributed by atoms with Crippen LogP contribution in [0.25, 0.3) is 17.7 Å². The van der Waals surface area contributed by atoms with Crippen LogP contribution < -0.4 is 5.32 Å². The van der Waals surface area contributed by atoms with Crippen LogP contribution in [0.2, 0.25) is 0 Å². The molecule has 1 aromatic heterocycles. The van der Waals surface area contributed by atoms with E-state index in [1.807, 2.05) is 61.5 Å². The number of thiazole rings is 1. The zero-order valence-corrected chi connectivity index (χ0v) is 14.9. The number of aromatic nitrogens is 1. The Hall–Kier alpha value is -3.18. The van der Waals surface area contributed by atoms with Crippen LogP contribution in [0.1, 0.15) is 21.6 Å². The smallest absolute Gasteiger partial charge is 0.231 e. The van der Waals surface area contributed by atoms with Gasteiger partial charge in [0.1, 0.15) is 0 Å². The first kappa shape index (κ1) is 16.3. The van der Waals surface area contributed by atoms with Crippen LogP contribution >= 0.6 is 11.3 Å². The highest BCUT2D eigenvalue weighted by Gasteiger charge is 2.18. The van der Waals surface area contributed by atoms with Gasteiger partial charge in [-0.25, -0.2) is 0 Å². The molecule has 0 aliphatic heterocycles. The van der Waals surface area contributed by atoms with Crippen molar-refractivity contribution in [2.24, 2.45) is 0 Å². The highest BCUT2D eigenvalue weighted by molar-refractivity contribution is 7.16. The Morgan fingerprint density at radius 1 is 1.12 bits per heavy atom. The van der Waals surface area contributed by atoms with E-state index < -0.39 is 0 Å². The standard InChI is InChI=1S/C21H16N2O2S/c1-13-5-4-7-15(11-13)22-21-23-20(25)19(26-21)12-17-16-8-3-2-6-14(16)9-10-18(17)24/h2-12,25H,1H3,(H,22,23)/b17-12+. The molecule has 0 fully saturated rings. The van der Waals surface area contributed by atoms with Crippen LogP contribution in [0, 0.1) is 6.92 Å². The van der Waals surface area contributed by atoms with Crippen molar-refractivity contribution in [2.75, 3.05) is 5.32 Å². The van der Waals surface area contributed by atoms with E-state index in [0.717, 1.165) is 22.4 Å². The number of nitrogens with one attached hydrogen (secondary N) is 1. The fourth-order valence-corrected chi connectivity index (χ4v) is 3.70. The summed E-state index contributed by atoms with van der Waals surface area (Å²) >= 11 is 1.31. The third-order valence-corrected chi connectivity index (χ3v) is 5.02. The lowest BCUT2D eigenvalue weighted by atomic mass is 9.91. The fraction of sp³-hybridized carbons (Fsp3) is 0.0476. The van der Waals surface area contributed by atoms with Crippen molar-refractivity contribution in [2.45, 2.75) is 6.92 Å². The van der Waals surface area contributed by atoms with Gasteiger partial charge in [0, 0.05) is 11.3 Å². The zero-order valence-electron chi connectivity index (χ0n) is 14.1. The molecule has 0 spiro atoms. The Labute approximate surface area is 155 Å². The van der Waals surface area contributed by atoms with Crippen LogP contribution in [-0.4, -0.2) is 15.9 Å². The van der Waals surface area contributed by atoms with Gasteiger partial charge in [-0.2, -0.15) is 4.98 Å². The number of carbonyl (C=O) groups excluding carboxylic acids is 1. The lowest BCUT2D eigenvalue weighted by molar-refractivity contribution is -0.109. The van der Waals surface area contributed by atoms with Crippen LogP contribution in [0.4, 0.5) is 10.8 Å². The molecule has 0 saturated carbocycles. The van der Waals surface area contributed by atoms with Gasteiger partial charge in [-0.15, -0.1) is 0 Å². The van der Waals surface area contributed by atoms with E-state index in [4.69, 9.17) is 0 Å². The third-order valence-electron chi connectivity index (χ3n) is 4.11. The molecule has 0 unspecified atom stereocenters. The Balaban J connectivity index is 1.69. The highest BCUT2D eigenvalue weighted by atomic mass is 32.1. The molecule has 0 saturated heterocycles. The molecule has 0 bridgehead atoms. The predicted molar refractivity (Wildman–Crippen MR) is 107 cm³/mol. The summed E-state index contributed by atoms with van der Waals surface area (Å²) in [6.07, 6.45) is 5.07.